The zero-order chi connectivity index (χ0) is 25.3. The first kappa shape index (κ1) is 24.6. The molecule has 4 N–H and O–H groups in total. The lowest BCUT2D eigenvalue weighted by Gasteiger charge is -2.16. The molecule has 1 unspecified atom stereocenters. The highest BCUT2D eigenvalue weighted by atomic mass is 31.2. The molecule has 1 aliphatic rings. The fraction of sp³-hybridized carbons (Fsp3) is 0.227. The van der Waals surface area contributed by atoms with E-state index in [9.17, 15) is 24.4 Å². The summed E-state index contributed by atoms with van der Waals surface area (Å²) in [6.45, 7) is 0.850. The molecule has 13 heteroatoms. The molecule has 0 saturated heterocycles. The fourth-order valence-electron chi connectivity index (χ4n) is 3.64. The van der Waals surface area contributed by atoms with Crippen LogP contribution in [0.2, 0.25) is 0 Å². The summed E-state index contributed by atoms with van der Waals surface area (Å²) in [5.41, 5.74) is 1.40. The van der Waals surface area contributed by atoms with Gasteiger partial charge in [-0.3, -0.25) is 18.9 Å². The number of hydrogen-bond acceptors (Lipinski definition) is 8. The van der Waals surface area contributed by atoms with Gasteiger partial charge >= 0.3 is 13.5 Å². The SMILES string of the molecule is Cc1cc(-c2ccccc2)cc(Cn2c(=O)ccn(C3=C(O)C(O)[C@@H](COP(=O)(O)O)O3)c2=O)n1. The van der Waals surface area contributed by atoms with Gasteiger partial charge in [-0.25, -0.2) is 13.9 Å². The van der Waals surface area contributed by atoms with Gasteiger partial charge in [0.2, 0.25) is 5.88 Å². The number of aromatic nitrogens is 3. The van der Waals surface area contributed by atoms with Crippen molar-refractivity contribution in [2.45, 2.75) is 25.7 Å². The predicted octanol–water partition coefficient (Wildman–Crippen LogP) is 0.982. The Balaban J connectivity index is 1.66. The van der Waals surface area contributed by atoms with Crippen molar-refractivity contribution in [2.24, 2.45) is 0 Å². The van der Waals surface area contributed by atoms with Crippen LogP contribution in [-0.4, -0.2) is 52.9 Å². The standard InChI is InChI=1S/C22H22N3O9P/c1-13-9-15(14-5-3-2-4-6-14)10-16(23-13)11-25-18(26)7-8-24(22(25)29)21-20(28)19(27)17(34-21)12-33-35(30,31)32/h2-10,17,19,27-28H,11-12H2,1H3,(H2,30,31,32)/t17-,19?/m1/s1. The maximum atomic E-state index is 13.1. The highest BCUT2D eigenvalue weighted by Crippen LogP contribution is 2.37. The van der Waals surface area contributed by atoms with Crippen LogP contribution in [0.15, 0.2) is 70.1 Å². The van der Waals surface area contributed by atoms with Crippen molar-refractivity contribution in [3.63, 3.8) is 0 Å². The lowest BCUT2D eigenvalue weighted by Crippen LogP contribution is -2.39. The summed E-state index contributed by atoms with van der Waals surface area (Å²) in [6.07, 6.45) is -2.04. The number of nitrogens with zero attached hydrogens (tertiary/aromatic N) is 3. The predicted molar refractivity (Wildman–Crippen MR) is 123 cm³/mol. The molecule has 4 rings (SSSR count). The van der Waals surface area contributed by atoms with Gasteiger partial charge in [0.25, 0.3) is 5.56 Å². The van der Waals surface area contributed by atoms with E-state index in [1.165, 1.54) is 0 Å². The van der Waals surface area contributed by atoms with E-state index < -0.39 is 49.5 Å². The van der Waals surface area contributed by atoms with Gasteiger partial charge in [-0.15, -0.1) is 0 Å². The Labute approximate surface area is 198 Å². The van der Waals surface area contributed by atoms with Crippen molar-refractivity contribution in [2.75, 3.05) is 6.61 Å². The number of rotatable bonds is 7. The monoisotopic (exact) mass is 503 g/mol. The molecule has 3 aromatic rings. The molecule has 2 aromatic heterocycles. The molecule has 0 spiro atoms. The summed E-state index contributed by atoms with van der Waals surface area (Å²) in [5.74, 6) is -1.24. The molecule has 1 aliphatic heterocycles. The number of aryl methyl sites for hydroxylation is 1. The number of ether oxygens (including phenoxy) is 1. The molecule has 35 heavy (non-hydrogen) atoms. The Morgan fingerprint density at radius 2 is 1.83 bits per heavy atom. The van der Waals surface area contributed by atoms with E-state index in [2.05, 4.69) is 9.51 Å². The van der Waals surface area contributed by atoms with E-state index in [1.54, 1.807) is 13.0 Å². The lowest BCUT2D eigenvalue weighted by atomic mass is 10.1. The number of aliphatic hydroxyl groups is 2. The second kappa shape index (κ2) is 9.61. The number of phosphoric ester groups is 1. The Morgan fingerprint density at radius 1 is 1.11 bits per heavy atom. The zero-order valence-electron chi connectivity index (χ0n) is 18.4. The molecule has 0 aliphatic carbocycles. The van der Waals surface area contributed by atoms with Gasteiger partial charge in [0.15, 0.2) is 18.0 Å². The third kappa shape index (κ3) is 5.42. The molecule has 12 nitrogen and oxygen atoms in total. The maximum absolute atomic E-state index is 13.1. The van der Waals surface area contributed by atoms with Crippen LogP contribution in [-0.2, 0) is 20.4 Å². The van der Waals surface area contributed by atoms with Gasteiger partial charge in [-0.05, 0) is 30.2 Å². The second-order valence-corrected chi connectivity index (χ2v) is 9.06. The molecular formula is C22H22N3O9P. The smallest absolute Gasteiger partial charge is 0.469 e. The third-order valence-electron chi connectivity index (χ3n) is 5.24. The molecule has 0 amide bonds. The van der Waals surface area contributed by atoms with Crippen molar-refractivity contribution >= 4 is 13.7 Å². The first-order chi connectivity index (χ1) is 16.5. The van der Waals surface area contributed by atoms with Gasteiger partial charge in [-0.2, -0.15) is 0 Å². The minimum Gasteiger partial charge on any atom is -0.505 e. The first-order valence-electron chi connectivity index (χ1n) is 10.4. The van der Waals surface area contributed by atoms with Crippen LogP contribution in [0, 0.1) is 6.92 Å². The molecule has 0 fully saturated rings. The number of hydrogen-bond donors (Lipinski definition) is 4. The lowest BCUT2D eigenvalue weighted by molar-refractivity contribution is 0.0128. The minimum atomic E-state index is -4.86. The van der Waals surface area contributed by atoms with Crippen LogP contribution in [0.4, 0.5) is 0 Å². The molecule has 1 aromatic carbocycles. The maximum Gasteiger partial charge on any atom is 0.469 e. The molecule has 0 saturated carbocycles. The van der Waals surface area contributed by atoms with Gasteiger partial charge in [-0.1, -0.05) is 30.3 Å². The third-order valence-corrected chi connectivity index (χ3v) is 5.73. The molecule has 2 atom stereocenters. The largest absolute Gasteiger partial charge is 0.505 e. The Morgan fingerprint density at radius 3 is 2.51 bits per heavy atom. The Hall–Kier alpha value is -3.54. The van der Waals surface area contributed by atoms with Gasteiger partial charge in [0, 0.05) is 18.0 Å². The van der Waals surface area contributed by atoms with Crippen molar-refractivity contribution < 1.29 is 33.8 Å². The highest BCUT2D eigenvalue weighted by Gasteiger charge is 2.38. The van der Waals surface area contributed by atoms with Crippen LogP contribution >= 0.6 is 7.82 Å². The zero-order valence-corrected chi connectivity index (χ0v) is 19.3. The van der Waals surface area contributed by atoms with Crippen LogP contribution in [0.3, 0.4) is 0 Å². The molecular weight excluding hydrogens is 481 g/mol. The van der Waals surface area contributed by atoms with Gasteiger partial charge in [0.1, 0.15) is 0 Å². The van der Waals surface area contributed by atoms with Gasteiger partial charge < -0.3 is 24.7 Å². The van der Waals surface area contributed by atoms with Crippen LogP contribution in [0.5, 0.6) is 0 Å². The Kier molecular flexibility index (Phi) is 6.75. The quantitative estimate of drug-likeness (QED) is 0.340. The van der Waals surface area contributed by atoms with E-state index in [0.29, 0.717) is 11.4 Å². The van der Waals surface area contributed by atoms with Crippen LogP contribution in [0.1, 0.15) is 11.4 Å². The topological polar surface area (TPSA) is 173 Å². The average molecular weight is 503 g/mol. The van der Waals surface area contributed by atoms with E-state index in [0.717, 1.165) is 32.5 Å². The number of benzene rings is 1. The summed E-state index contributed by atoms with van der Waals surface area (Å²) in [4.78, 5) is 47.8. The highest BCUT2D eigenvalue weighted by molar-refractivity contribution is 7.46. The normalized spacial score (nSPS) is 18.1. The summed E-state index contributed by atoms with van der Waals surface area (Å²) < 4.78 is 22.3. The molecule has 0 bridgehead atoms. The first-order valence-corrected chi connectivity index (χ1v) is 11.9. The van der Waals surface area contributed by atoms with Crippen molar-refractivity contribution in [3.05, 3.63) is 92.7 Å². The minimum absolute atomic E-state index is 0.179. The summed E-state index contributed by atoms with van der Waals surface area (Å²) in [5, 5.41) is 20.4. The second-order valence-electron chi connectivity index (χ2n) is 7.83. The average Bonchev–Trinajstić information content (AvgIpc) is 3.09. The Bertz CT molecular complexity index is 1440. The van der Waals surface area contributed by atoms with Crippen LogP contribution in [0.25, 0.3) is 17.0 Å². The number of pyridine rings is 1. The van der Waals surface area contributed by atoms with Crippen molar-refractivity contribution in [1.29, 1.82) is 0 Å². The summed E-state index contributed by atoms with van der Waals surface area (Å²) >= 11 is 0. The summed E-state index contributed by atoms with van der Waals surface area (Å²) in [6, 6.07) is 14.2. The van der Waals surface area contributed by atoms with Crippen LogP contribution < -0.4 is 11.2 Å². The van der Waals surface area contributed by atoms with E-state index in [4.69, 9.17) is 14.5 Å². The number of aliphatic hydroxyl groups excluding tert-OH is 2. The summed E-state index contributed by atoms with van der Waals surface area (Å²) in [7, 11) is -4.86. The molecule has 3 heterocycles. The van der Waals surface area contributed by atoms with E-state index in [-0.39, 0.29) is 6.54 Å². The fourth-order valence-corrected chi connectivity index (χ4v) is 3.98. The number of phosphoric acid groups is 1. The molecule has 0 radical (unpaired) electrons. The molecule has 184 valence electrons. The van der Waals surface area contributed by atoms with Gasteiger partial charge in [0.05, 0.1) is 18.8 Å². The van der Waals surface area contributed by atoms with Crippen molar-refractivity contribution in [3.8, 4) is 11.1 Å². The van der Waals surface area contributed by atoms with E-state index in [1.807, 2.05) is 36.4 Å². The van der Waals surface area contributed by atoms with Crippen molar-refractivity contribution in [1.82, 2.24) is 14.1 Å². The van der Waals surface area contributed by atoms with E-state index >= 15 is 0 Å².